The molecule has 0 spiro atoms. The molecule has 0 heterocycles. The Morgan fingerprint density at radius 3 is 2.43 bits per heavy atom. The molecule has 0 fully saturated rings. The number of benzene rings is 3. The van der Waals surface area contributed by atoms with Crippen LogP contribution in [-0.2, 0) is 32.3 Å². The number of rotatable bonds is 18. The Bertz CT molecular complexity index is 1290. The van der Waals surface area contributed by atoms with Crippen LogP contribution in [-0.4, -0.2) is 60.2 Å². The SMILES string of the molecule is CC(=O)ON(C(=O)Nc1ccccc1)c1cccc(COCCOCCCCCCNCC(O)c2ccc(O)c(CO)c2)c1. The van der Waals surface area contributed by atoms with Crippen LogP contribution in [0.15, 0.2) is 72.8 Å². The fraction of sp³-hybridized carbons (Fsp3) is 0.394. The topological polar surface area (TPSA) is 150 Å². The van der Waals surface area contributed by atoms with Crippen molar-refractivity contribution in [3.05, 3.63) is 89.5 Å². The summed E-state index contributed by atoms with van der Waals surface area (Å²) in [5.74, 6) is -0.600. The van der Waals surface area contributed by atoms with E-state index in [1.165, 1.54) is 13.0 Å². The van der Waals surface area contributed by atoms with Gasteiger partial charge in [-0.1, -0.05) is 49.2 Å². The molecule has 5 N–H and O–H groups in total. The number of hydrogen-bond acceptors (Lipinski definition) is 9. The minimum absolute atomic E-state index is 0.0209. The second kappa shape index (κ2) is 19.3. The number of nitrogens with zero attached hydrogens (tertiary/aromatic N) is 1. The molecule has 3 aromatic carbocycles. The zero-order valence-corrected chi connectivity index (χ0v) is 25.1. The van der Waals surface area contributed by atoms with Crippen molar-refractivity contribution < 1.29 is 39.2 Å². The van der Waals surface area contributed by atoms with Crippen LogP contribution in [0.2, 0.25) is 0 Å². The number of hydroxylamine groups is 1. The van der Waals surface area contributed by atoms with E-state index in [-0.39, 0.29) is 12.4 Å². The lowest BCUT2D eigenvalue weighted by atomic mass is 10.1. The lowest BCUT2D eigenvalue weighted by molar-refractivity contribution is -0.141. The number of nitrogens with one attached hydrogen (secondary N) is 2. The zero-order valence-electron chi connectivity index (χ0n) is 25.1. The molecule has 0 aliphatic heterocycles. The molecule has 238 valence electrons. The maximum absolute atomic E-state index is 12.8. The van der Waals surface area contributed by atoms with Crippen LogP contribution < -0.4 is 15.7 Å². The maximum atomic E-state index is 12.8. The molecule has 3 aromatic rings. The van der Waals surface area contributed by atoms with Crippen molar-refractivity contribution in [3.8, 4) is 5.75 Å². The third kappa shape index (κ3) is 12.3. The smallest absolute Gasteiger partial charge is 0.359 e. The van der Waals surface area contributed by atoms with Crippen LogP contribution in [0.25, 0.3) is 0 Å². The van der Waals surface area contributed by atoms with E-state index >= 15 is 0 Å². The van der Waals surface area contributed by atoms with Crippen molar-refractivity contribution in [1.82, 2.24) is 5.32 Å². The Morgan fingerprint density at radius 1 is 0.886 bits per heavy atom. The normalized spacial score (nSPS) is 11.6. The summed E-state index contributed by atoms with van der Waals surface area (Å²) in [6, 6.07) is 20.1. The van der Waals surface area contributed by atoms with Gasteiger partial charge in [0.2, 0.25) is 0 Å². The van der Waals surface area contributed by atoms with Crippen molar-refractivity contribution in [2.24, 2.45) is 0 Å². The molecule has 44 heavy (non-hydrogen) atoms. The number of ether oxygens (including phenoxy) is 2. The molecule has 0 saturated carbocycles. The number of carbonyl (C=O) groups excluding carboxylic acids is 2. The summed E-state index contributed by atoms with van der Waals surface area (Å²) in [5, 5.41) is 36.1. The first-order chi connectivity index (χ1) is 21.4. The first kappa shape index (κ1) is 34.5. The van der Waals surface area contributed by atoms with Gasteiger partial charge in [-0.05, 0) is 66.9 Å². The van der Waals surface area contributed by atoms with Gasteiger partial charge in [0.05, 0.1) is 38.2 Å². The molecule has 0 radical (unpaired) electrons. The van der Waals surface area contributed by atoms with Gasteiger partial charge in [-0.2, -0.15) is 0 Å². The zero-order chi connectivity index (χ0) is 31.6. The van der Waals surface area contributed by atoms with Gasteiger partial charge in [-0.25, -0.2) is 9.59 Å². The number of urea groups is 1. The van der Waals surface area contributed by atoms with Crippen LogP contribution >= 0.6 is 0 Å². The number of para-hydroxylation sites is 1. The van der Waals surface area contributed by atoms with Gasteiger partial charge >= 0.3 is 12.0 Å². The Kier molecular flexibility index (Phi) is 15.1. The van der Waals surface area contributed by atoms with Gasteiger partial charge < -0.3 is 40.3 Å². The van der Waals surface area contributed by atoms with Gasteiger partial charge in [-0.3, -0.25) is 0 Å². The molecule has 1 atom stereocenters. The van der Waals surface area contributed by atoms with Crippen LogP contribution in [0.3, 0.4) is 0 Å². The molecule has 0 aliphatic carbocycles. The molecule has 0 aliphatic rings. The Balaban J connectivity index is 1.25. The van der Waals surface area contributed by atoms with E-state index < -0.39 is 18.1 Å². The number of hydrogen-bond donors (Lipinski definition) is 5. The second-order valence-electron chi connectivity index (χ2n) is 10.2. The number of aromatic hydroxyl groups is 1. The number of phenols is 1. The third-order valence-electron chi connectivity index (χ3n) is 6.60. The average molecular weight is 610 g/mol. The van der Waals surface area contributed by atoms with Crippen LogP contribution in [0.1, 0.15) is 55.4 Å². The van der Waals surface area contributed by atoms with Crippen LogP contribution in [0, 0.1) is 0 Å². The minimum atomic E-state index is -0.706. The number of amides is 2. The van der Waals surface area contributed by atoms with Crippen molar-refractivity contribution in [1.29, 1.82) is 0 Å². The van der Waals surface area contributed by atoms with Gasteiger partial charge in [0.15, 0.2) is 0 Å². The summed E-state index contributed by atoms with van der Waals surface area (Å²) in [4.78, 5) is 29.6. The maximum Gasteiger partial charge on any atom is 0.359 e. The van der Waals surface area contributed by atoms with E-state index in [1.807, 2.05) is 12.1 Å². The monoisotopic (exact) mass is 609 g/mol. The highest BCUT2D eigenvalue weighted by Crippen LogP contribution is 2.22. The Labute approximate surface area is 258 Å². The van der Waals surface area contributed by atoms with Crippen molar-refractivity contribution in [3.63, 3.8) is 0 Å². The molecule has 11 heteroatoms. The van der Waals surface area contributed by atoms with E-state index in [1.54, 1.807) is 54.6 Å². The average Bonchev–Trinajstić information content (AvgIpc) is 3.02. The Morgan fingerprint density at radius 2 is 1.66 bits per heavy atom. The fourth-order valence-corrected chi connectivity index (χ4v) is 4.32. The number of aliphatic hydroxyl groups excluding tert-OH is 2. The fourth-order valence-electron chi connectivity index (χ4n) is 4.32. The van der Waals surface area contributed by atoms with Crippen molar-refractivity contribution >= 4 is 23.4 Å². The highest BCUT2D eigenvalue weighted by Gasteiger charge is 2.20. The molecular formula is C33H43N3O8. The first-order valence-corrected chi connectivity index (χ1v) is 14.8. The summed E-state index contributed by atoms with van der Waals surface area (Å²) in [7, 11) is 0. The molecule has 0 bridgehead atoms. The van der Waals surface area contributed by atoms with E-state index in [2.05, 4.69) is 10.6 Å². The summed E-state index contributed by atoms with van der Waals surface area (Å²) < 4.78 is 11.4. The minimum Gasteiger partial charge on any atom is -0.508 e. The van der Waals surface area contributed by atoms with E-state index in [4.69, 9.17) is 14.3 Å². The lowest BCUT2D eigenvalue weighted by Crippen LogP contribution is -2.36. The highest BCUT2D eigenvalue weighted by molar-refractivity contribution is 6.01. The second-order valence-corrected chi connectivity index (χ2v) is 10.2. The van der Waals surface area contributed by atoms with Crippen molar-refractivity contribution in [2.75, 3.05) is 43.3 Å². The van der Waals surface area contributed by atoms with Gasteiger partial charge in [0, 0.05) is 31.3 Å². The molecular weight excluding hydrogens is 566 g/mol. The molecule has 0 aromatic heterocycles. The van der Waals surface area contributed by atoms with E-state index in [0.717, 1.165) is 42.9 Å². The summed E-state index contributed by atoms with van der Waals surface area (Å²) in [6.45, 7) is 3.98. The molecule has 0 saturated heterocycles. The van der Waals surface area contributed by atoms with Gasteiger partial charge in [-0.15, -0.1) is 5.06 Å². The van der Waals surface area contributed by atoms with Gasteiger partial charge in [0.25, 0.3) is 0 Å². The number of aliphatic hydroxyl groups is 2. The quantitative estimate of drug-likeness (QED) is 0.101. The highest BCUT2D eigenvalue weighted by atomic mass is 16.7. The summed E-state index contributed by atoms with van der Waals surface area (Å²) in [5.41, 5.74) is 2.83. The van der Waals surface area contributed by atoms with Crippen LogP contribution in [0.4, 0.5) is 16.2 Å². The van der Waals surface area contributed by atoms with E-state index in [0.29, 0.717) is 55.5 Å². The number of unbranched alkanes of at least 4 members (excludes halogenated alkanes) is 3. The predicted octanol–water partition coefficient (Wildman–Crippen LogP) is 4.82. The lowest BCUT2D eigenvalue weighted by Gasteiger charge is -2.21. The molecule has 2 amide bonds. The molecule has 3 rings (SSSR count). The predicted molar refractivity (Wildman–Crippen MR) is 167 cm³/mol. The standard InChI is InChI=1S/C33H43N3O8/c1-25(38)44-36(33(41)35-29-11-5-4-6-12-29)30-13-9-10-26(20-30)24-43-19-18-42-17-8-3-2-7-16-34-22-32(40)27-14-15-31(39)28(21-27)23-37/h4-6,9-15,20-21,32,34,37,39-40H,2-3,7-8,16-19,22-24H2,1H3,(H,35,41). The number of carbonyl (C=O) groups is 2. The van der Waals surface area contributed by atoms with Crippen molar-refractivity contribution in [2.45, 2.75) is 51.9 Å². The van der Waals surface area contributed by atoms with Gasteiger partial charge in [0.1, 0.15) is 5.75 Å². The van der Waals surface area contributed by atoms with E-state index in [9.17, 15) is 24.9 Å². The largest absolute Gasteiger partial charge is 0.508 e. The third-order valence-corrected chi connectivity index (χ3v) is 6.60. The number of anilines is 2. The van der Waals surface area contributed by atoms with Crippen LogP contribution in [0.5, 0.6) is 5.75 Å². The Hall–Kier alpha value is -4.00. The summed E-state index contributed by atoms with van der Waals surface area (Å²) in [6.07, 6.45) is 3.30. The molecule has 11 nitrogen and oxygen atoms in total. The summed E-state index contributed by atoms with van der Waals surface area (Å²) >= 11 is 0. The first-order valence-electron chi connectivity index (χ1n) is 14.8. The molecule has 1 unspecified atom stereocenters.